The summed E-state index contributed by atoms with van der Waals surface area (Å²) in [6.07, 6.45) is 2.62. The van der Waals surface area contributed by atoms with Crippen molar-refractivity contribution in [2.75, 3.05) is 18.4 Å². The minimum Gasteiger partial charge on any atom is -0.370 e. The zero-order valence-corrected chi connectivity index (χ0v) is 11.6. The standard InChI is InChI=1S/C13H18N6O/c1-9-4-5-11(16-8-9)14-6-3-7-15-13(20)12-10(2)17-19-18-12/h4-5,8H,3,6-7H2,1-2H3,(H,14,16)(H,15,20)(H,17,18,19). The maximum atomic E-state index is 11.7. The lowest BCUT2D eigenvalue weighted by atomic mass is 10.3. The Morgan fingerprint density at radius 3 is 2.75 bits per heavy atom. The first-order chi connectivity index (χ1) is 9.66. The fraction of sp³-hybridized carbons (Fsp3) is 0.385. The molecular weight excluding hydrogens is 256 g/mol. The summed E-state index contributed by atoms with van der Waals surface area (Å²) in [5.74, 6) is 0.638. The number of hydrogen-bond acceptors (Lipinski definition) is 5. The van der Waals surface area contributed by atoms with E-state index in [4.69, 9.17) is 0 Å². The SMILES string of the molecule is Cc1ccc(NCCCNC(=O)c2n[nH]nc2C)nc1. The normalized spacial score (nSPS) is 10.3. The Kier molecular flexibility index (Phi) is 4.65. The molecule has 0 saturated heterocycles. The first-order valence-corrected chi connectivity index (χ1v) is 6.49. The number of carbonyl (C=O) groups is 1. The Bertz CT molecular complexity index is 562. The lowest BCUT2D eigenvalue weighted by molar-refractivity contribution is 0.0948. The second-order valence-electron chi connectivity index (χ2n) is 4.51. The predicted octanol–water partition coefficient (Wildman–Crippen LogP) is 1.05. The highest BCUT2D eigenvalue weighted by Crippen LogP contribution is 2.03. The number of aromatic amines is 1. The summed E-state index contributed by atoms with van der Waals surface area (Å²) in [7, 11) is 0. The third-order valence-corrected chi connectivity index (χ3v) is 2.79. The van der Waals surface area contributed by atoms with E-state index in [2.05, 4.69) is 31.0 Å². The van der Waals surface area contributed by atoms with Gasteiger partial charge >= 0.3 is 0 Å². The van der Waals surface area contributed by atoms with E-state index in [9.17, 15) is 4.79 Å². The number of hydrogen-bond donors (Lipinski definition) is 3. The first kappa shape index (κ1) is 14.0. The molecule has 0 bridgehead atoms. The largest absolute Gasteiger partial charge is 0.370 e. The number of rotatable bonds is 6. The van der Waals surface area contributed by atoms with Gasteiger partial charge in [0.2, 0.25) is 0 Å². The van der Waals surface area contributed by atoms with Crippen LogP contribution in [0.15, 0.2) is 18.3 Å². The summed E-state index contributed by atoms with van der Waals surface area (Å²) in [5, 5.41) is 16.0. The van der Waals surface area contributed by atoms with Crippen LogP contribution < -0.4 is 10.6 Å². The van der Waals surface area contributed by atoms with Crippen LogP contribution in [0.1, 0.15) is 28.2 Å². The van der Waals surface area contributed by atoms with Gasteiger partial charge in [0.05, 0.1) is 5.69 Å². The Morgan fingerprint density at radius 2 is 2.10 bits per heavy atom. The molecule has 106 valence electrons. The van der Waals surface area contributed by atoms with E-state index in [1.54, 1.807) is 6.92 Å². The number of nitrogens with one attached hydrogen (secondary N) is 3. The molecule has 2 aromatic rings. The van der Waals surface area contributed by atoms with E-state index < -0.39 is 0 Å². The smallest absolute Gasteiger partial charge is 0.273 e. The topological polar surface area (TPSA) is 95.6 Å². The van der Waals surface area contributed by atoms with Crippen LogP contribution >= 0.6 is 0 Å². The number of aryl methyl sites for hydroxylation is 2. The molecule has 3 N–H and O–H groups in total. The molecular formula is C13H18N6O. The average molecular weight is 274 g/mol. The van der Waals surface area contributed by atoms with Crippen molar-refractivity contribution in [2.24, 2.45) is 0 Å². The minimum absolute atomic E-state index is 0.204. The molecule has 2 rings (SSSR count). The van der Waals surface area contributed by atoms with Gasteiger partial charge in [-0.15, -0.1) is 0 Å². The van der Waals surface area contributed by atoms with Crippen LogP contribution in [0.3, 0.4) is 0 Å². The number of amides is 1. The number of pyridine rings is 1. The summed E-state index contributed by atoms with van der Waals surface area (Å²) in [6, 6.07) is 3.94. The van der Waals surface area contributed by atoms with Crippen LogP contribution in [-0.2, 0) is 0 Å². The summed E-state index contributed by atoms with van der Waals surface area (Å²) in [4.78, 5) is 16.0. The second kappa shape index (κ2) is 6.65. The summed E-state index contributed by atoms with van der Waals surface area (Å²) >= 11 is 0. The Morgan fingerprint density at radius 1 is 1.25 bits per heavy atom. The van der Waals surface area contributed by atoms with Gasteiger partial charge in [0, 0.05) is 19.3 Å². The fourth-order valence-electron chi connectivity index (χ4n) is 1.66. The molecule has 0 aliphatic carbocycles. The molecule has 7 heteroatoms. The average Bonchev–Trinajstić information content (AvgIpc) is 2.86. The fourth-order valence-corrected chi connectivity index (χ4v) is 1.66. The van der Waals surface area contributed by atoms with E-state index in [-0.39, 0.29) is 5.91 Å². The zero-order chi connectivity index (χ0) is 14.4. The minimum atomic E-state index is -0.204. The highest BCUT2D eigenvalue weighted by atomic mass is 16.2. The predicted molar refractivity (Wildman–Crippen MR) is 75.5 cm³/mol. The number of carbonyl (C=O) groups excluding carboxylic acids is 1. The molecule has 0 atom stereocenters. The second-order valence-corrected chi connectivity index (χ2v) is 4.51. The Hall–Kier alpha value is -2.44. The highest BCUT2D eigenvalue weighted by Gasteiger charge is 2.11. The molecule has 0 saturated carbocycles. The van der Waals surface area contributed by atoms with Crippen molar-refractivity contribution in [3.63, 3.8) is 0 Å². The molecule has 0 spiro atoms. The van der Waals surface area contributed by atoms with Gasteiger partial charge in [0.15, 0.2) is 5.69 Å². The maximum Gasteiger partial charge on any atom is 0.273 e. The van der Waals surface area contributed by atoms with Crippen LogP contribution in [0.2, 0.25) is 0 Å². The molecule has 1 amide bonds. The van der Waals surface area contributed by atoms with Crippen molar-refractivity contribution in [2.45, 2.75) is 20.3 Å². The van der Waals surface area contributed by atoms with Crippen LogP contribution in [0.25, 0.3) is 0 Å². The van der Waals surface area contributed by atoms with E-state index in [0.717, 1.165) is 24.3 Å². The lowest BCUT2D eigenvalue weighted by Crippen LogP contribution is -2.26. The van der Waals surface area contributed by atoms with Crippen molar-refractivity contribution in [1.29, 1.82) is 0 Å². The molecule has 7 nitrogen and oxygen atoms in total. The van der Waals surface area contributed by atoms with Gasteiger partial charge in [-0.1, -0.05) is 6.07 Å². The van der Waals surface area contributed by atoms with Crippen LogP contribution in [0, 0.1) is 13.8 Å². The maximum absolute atomic E-state index is 11.7. The Balaban J connectivity index is 1.66. The van der Waals surface area contributed by atoms with Gasteiger partial charge in [-0.3, -0.25) is 4.79 Å². The molecule has 20 heavy (non-hydrogen) atoms. The van der Waals surface area contributed by atoms with Crippen molar-refractivity contribution in [1.82, 2.24) is 25.7 Å². The number of H-pyrrole nitrogens is 1. The monoisotopic (exact) mass is 274 g/mol. The van der Waals surface area contributed by atoms with Gasteiger partial charge in [0.25, 0.3) is 5.91 Å². The molecule has 0 unspecified atom stereocenters. The van der Waals surface area contributed by atoms with Gasteiger partial charge in [-0.05, 0) is 31.9 Å². The van der Waals surface area contributed by atoms with E-state index in [1.165, 1.54) is 0 Å². The molecule has 0 fully saturated rings. The van der Waals surface area contributed by atoms with Gasteiger partial charge in [-0.2, -0.15) is 15.4 Å². The summed E-state index contributed by atoms with van der Waals surface area (Å²) in [5.41, 5.74) is 2.08. The number of anilines is 1. The quantitative estimate of drug-likeness (QED) is 0.684. The third-order valence-electron chi connectivity index (χ3n) is 2.79. The van der Waals surface area contributed by atoms with Gasteiger partial charge < -0.3 is 10.6 Å². The van der Waals surface area contributed by atoms with Gasteiger partial charge in [-0.25, -0.2) is 4.98 Å². The molecule has 0 aliphatic heterocycles. The molecule has 0 aliphatic rings. The molecule has 2 heterocycles. The number of aromatic nitrogens is 4. The third kappa shape index (κ3) is 3.78. The van der Waals surface area contributed by atoms with Crippen LogP contribution in [-0.4, -0.2) is 39.4 Å². The van der Waals surface area contributed by atoms with Crippen LogP contribution in [0.5, 0.6) is 0 Å². The highest BCUT2D eigenvalue weighted by molar-refractivity contribution is 5.93. The zero-order valence-electron chi connectivity index (χ0n) is 11.6. The Labute approximate surface area is 117 Å². The van der Waals surface area contributed by atoms with Crippen molar-refractivity contribution in [3.05, 3.63) is 35.3 Å². The van der Waals surface area contributed by atoms with Crippen molar-refractivity contribution >= 4 is 11.7 Å². The first-order valence-electron chi connectivity index (χ1n) is 6.49. The van der Waals surface area contributed by atoms with Crippen molar-refractivity contribution < 1.29 is 4.79 Å². The lowest BCUT2D eigenvalue weighted by Gasteiger charge is -2.06. The van der Waals surface area contributed by atoms with E-state index in [0.29, 0.717) is 17.9 Å². The van der Waals surface area contributed by atoms with Gasteiger partial charge in [0.1, 0.15) is 5.82 Å². The molecule has 2 aromatic heterocycles. The summed E-state index contributed by atoms with van der Waals surface area (Å²) < 4.78 is 0. The molecule has 0 aromatic carbocycles. The van der Waals surface area contributed by atoms with Crippen molar-refractivity contribution in [3.8, 4) is 0 Å². The van der Waals surface area contributed by atoms with Crippen LogP contribution in [0.4, 0.5) is 5.82 Å². The van der Waals surface area contributed by atoms with E-state index >= 15 is 0 Å². The number of nitrogens with zero attached hydrogens (tertiary/aromatic N) is 3. The summed E-state index contributed by atoms with van der Waals surface area (Å²) in [6.45, 7) is 5.05. The van der Waals surface area contributed by atoms with E-state index in [1.807, 2.05) is 25.3 Å². The molecule has 0 radical (unpaired) electrons.